The van der Waals surface area contributed by atoms with Crippen molar-refractivity contribution in [3.8, 4) is 17.6 Å². The van der Waals surface area contributed by atoms with Crippen molar-refractivity contribution < 1.29 is 41.0 Å². The molecule has 1 aromatic carbocycles. The smallest absolute Gasteiger partial charge is 0.311 e. The highest BCUT2D eigenvalue weighted by Gasteiger charge is 2.28. The van der Waals surface area contributed by atoms with Gasteiger partial charge in [-0.2, -0.15) is 8.78 Å². The van der Waals surface area contributed by atoms with Gasteiger partial charge in [0, 0.05) is 6.42 Å². The molecule has 0 atom stereocenters. The molecule has 0 aliphatic heterocycles. The van der Waals surface area contributed by atoms with Gasteiger partial charge in [-0.25, -0.2) is 13.2 Å². The average Bonchev–Trinajstić information content (AvgIpc) is 2.78. The number of rotatable bonds is 13. The molecule has 0 bridgehead atoms. The van der Waals surface area contributed by atoms with Crippen LogP contribution in [0, 0.1) is 40.9 Å². The number of halogens is 5. The molecule has 0 aliphatic rings. The highest BCUT2D eigenvalue weighted by Crippen LogP contribution is 2.29. The lowest BCUT2D eigenvalue weighted by molar-refractivity contribution is -0.145. The van der Waals surface area contributed by atoms with Gasteiger partial charge in [-0.05, 0) is 6.42 Å². The number of unbranched alkanes of at least 4 members (excludes halogenated alkanes) is 8. The van der Waals surface area contributed by atoms with Crippen LogP contribution in [0.5, 0.6) is 5.75 Å². The maximum Gasteiger partial charge on any atom is 0.311 e. The van der Waals surface area contributed by atoms with Crippen LogP contribution >= 0.6 is 0 Å². The Morgan fingerprint density at radius 2 is 1.19 bits per heavy atom. The van der Waals surface area contributed by atoms with Gasteiger partial charge in [0.1, 0.15) is 0 Å². The van der Waals surface area contributed by atoms with E-state index in [1.807, 2.05) is 0 Å². The fourth-order valence-corrected chi connectivity index (χ4v) is 2.72. The molecule has 0 saturated heterocycles. The van der Waals surface area contributed by atoms with E-state index in [0.29, 0.717) is 6.42 Å². The second kappa shape index (κ2) is 15.2. The van der Waals surface area contributed by atoms with Crippen LogP contribution < -0.4 is 4.74 Å². The molecule has 0 radical (unpaired) electrons. The molecule has 4 nitrogen and oxygen atoms in total. The normalized spacial score (nSPS) is 10.4. The lowest BCUT2D eigenvalue weighted by Gasteiger charge is -2.08. The standard InChI is InChI=1S/C23H27F5O4/c1-2-3-4-5-6-7-8-9-10-11-12-15-31-16(29)13-14-17(30)32-23-21(27)19(25)18(24)20(26)22(23)28/h2-10,13-15H2,1H3. The summed E-state index contributed by atoms with van der Waals surface area (Å²) in [6, 6.07) is 0. The molecule has 0 amide bonds. The van der Waals surface area contributed by atoms with E-state index in [2.05, 4.69) is 23.5 Å². The molecule has 9 heteroatoms. The summed E-state index contributed by atoms with van der Waals surface area (Å²) in [6.07, 6.45) is 8.96. The maximum absolute atomic E-state index is 13.5. The molecular formula is C23H27F5O4. The molecule has 0 spiro atoms. The van der Waals surface area contributed by atoms with E-state index >= 15 is 0 Å². The molecule has 0 unspecified atom stereocenters. The third-order valence-electron chi connectivity index (χ3n) is 4.50. The molecular weight excluding hydrogens is 435 g/mol. The number of benzene rings is 1. The van der Waals surface area contributed by atoms with Gasteiger partial charge in [0.05, 0.1) is 12.8 Å². The molecule has 0 heterocycles. The van der Waals surface area contributed by atoms with E-state index in [9.17, 15) is 31.5 Å². The Kier molecular flexibility index (Phi) is 13.0. The lowest BCUT2D eigenvalue weighted by atomic mass is 10.1. The zero-order valence-electron chi connectivity index (χ0n) is 18.0. The number of esters is 2. The van der Waals surface area contributed by atoms with Gasteiger partial charge < -0.3 is 9.47 Å². The minimum atomic E-state index is -2.37. The predicted octanol–water partition coefficient (Wildman–Crippen LogP) is 6.15. The fraction of sp³-hybridized carbons (Fsp3) is 0.565. The van der Waals surface area contributed by atoms with Crippen LogP contribution in [0.4, 0.5) is 22.0 Å². The van der Waals surface area contributed by atoms with Crippen molar-refractivity contribution in [1.82, 2.24) is 0 Å². The Balaban J connectivity index is 2.23. The van der Waals surface area contributed by atoms with Crippen molar-refractivity contribution in [2.45, 2.75) is 77.6 Å². The van der Waals surface area contributed by atoms with Crippen molar-refractivity contribution in [1.29, 1.82) is 0 Å². The van der Waals surface area contributed by atoms with Crippen LogP contribution in [0.3, 0.4) is 0 Å². The third kappa shape index (κ3) is 9.67. The van der Waals surface area contributed by atoms with E-state index in [1.54, 1.807) is 0 Å². The van der Waals surface area contributed by atoms with Crippen molar-refractivity contribution in [3.63, 3.8) is 0 Å². The summed E-state index contributed by atoms with van der Waals surface area (Å²) in [5.41, 5.74) is 0. The zero-order chi connectivity index (χ0) is 23.9. The van der Waals surface area contributed by atoms with Crippen molar-refractivity contribution in [2.75, 3.05) is 6.61 Å². The van der Waals surface area contributed by atoms with Crippen molar-refractivity contribution in [3.05, 3.63) is 29.1 Å². The summed E-state index contributed by atoms with van der Waals surface area (Å²) in [6.45, 7) is 2.00. The molecule has 0 aliphatic carbocycles. The highest BCUT2D eigenvalue weighted by molar-refractivity contribution is 5.79. The van der Waals surface area contributed by atoms with Crippen LogP contribution in [-0.4, -0.2) is 18.5 Å². The topological polar surface area (TPSA) is 52.6 Å². The first-order valence-corrected chi connectivity index (χ1v) is 10.6. The SMILES string of the molecule is CCCCCCCCCCC#CCOC(=O)CCC(=O)Oc1c(F)c(F)c(F)c(F)c1F. The summed E-state index contributed by atoms with van der Waals surface area (Å²) in [7, 11) is 0. The van der Waals surface area contributed by atoms with Gasteiger partial charge in [0.2, 0.25) is 34.8 Å². The number of carbonyl (C=O) groups is 2. The number of hydrogen-bond donors (Lipinski definition) is 0. The van der Waals surface area contributed by atoms with Crippen LogP contribution in [0.15, 0.2) is 0 Å². The van der Waals surface area contributed by atoms with Gasteiger partial charge in [-0.1, -0.05) is 63.7 Å². The van der Waals surface area contributed by atoms with E-state index in [1.165, 1.54) is 38.5 Å². The van der Waals surface area contributed by atoms with E-state index in [4.69, 9.17) is 4.74 Å². The first kappa shape index (κ1) is 27.4. The summed E-state index contributed by atoms with van der Waals surface area (Å²) in [5.74, 6) is -9.74. The van der Waals surface area contributed by atoms with E-state index in [0.717, 1.165) is 12.8 Å². The summed E-state index contributed by atoms with van der Waals surface area (Å²) in [5, 5.41) is 0. The summed E-state index contributed by atoms with van der Waals surface area (Å²) >= 11 is 0. The van der Waals surface area contributed by atoms with Gasteiger partial charge in [0.25, 0.3) is 0 Å². The van der Waals surface area contributed by atoms with Crippen LogP contribution in [0.25, 0.3) is 0 Å². The Morgan fingerprint density at radius 3 is 1.78 bits per heavy atom. The van der Waals surface area contributed by atoms with E-state index in [-0.39, 0.29) is 6.61 Å². The average molecular weight is 462 g/mol. The molecule has 1 aromatic rings. The zero-order valence-corrected chi connectivity index (χ0v) is 18.0. The lowest BCUT2D eigenvalue weighted by Crippen LogP contribution is -2.15. The Hall–Kier alpha value is -2.63. The second-order valence-corrected chi connectivity index (χ2v) is 7.11. The first-order valence-electron chi connectivity index (χ1n) is 10.6. The van der Waals surface area contributed by atoms with E-state index < -0.39 is 59.6 Å². The number of ether oxygens (including phenoxy) is 2. The molecule has 0 aromatic heterocycles. The fourth-order valence-electron chi connectivity index (χ4n) is 2.72. The molecule has 178 valence electrons. The molecule has 0 fully saturated rings. The minimum Gasteiger partial charge on any atom is -0.452 e. The van der Waals surface area contributed by atoms with Gasteiger partial charge in [0.15, 0.2) is 6.61 Å². The van der Waals surface area contributed by atoms with Crippen LogP contribution in [0.1, 0.15) is 77.6 Å². The third-order valence-corrected chi connectivity index (χ3v) is 4.50. The molecule has 0 saturated carbocycles. The Morgan fingerprint density at radius 1 is 0.688 bits per heavy atom. The summed E-state index contributed by atoms with van der Waals surface area (Å²) in [4.78, 5) is 23.1. The number of hydrogen-bond acceptors (Lipinski definition) is 4. The Labute approximate surface area is 184 Å². The largest absolute Gasteiger partial charge is 0.452 e. The predicted molar refractivity (Wildman–Crippen MR) is 107 cm³/mol. The minimum absolute atomic E-state index is 0.178. The van der Waals surface area contributed by atoms with Gasteiger partial charge >= 0.3 is 11.9 Å². The molecule has 32 heavy (non-hydrogen) atoms. The highest BCUT2D eigenvalue weighted by atomic mass is 19.2. The molecule has 0 N–H and O–H groups in total. The second-order valence-electron chi connectivity index (χ2n) is 7.11. The maximum atomic E-state index is 13.5. The number of carbonyl (C=O) groups excluding carboxylic acids is 2. The van der Waals surface area contributed by atoms with Crippen LogP contribution in [0.2, 0.25) is 0 Å². The quantitative estimate of drug-likeness (QED) is 0.0672. The van der Waals surface area contributed by atoms with Crippen molar-refractivity contribution in [2.24, 2.45) is 0 Å². The van der Waals surface area contributed by atoms with Crippen molar-refractivity contribution >= 4 is 11.9 Å². The first-order chi connectivity index (χ1) is 15.3. The monoisotopic (exact) mass is 462 g/mol. The molecule has 1 rings (SSSR count). The summed E-state index contributed by atoms with van der Waals surface area (Å²) < 4.78 is 75.0. The van der Waals surface area contributed by atoms with Gasteiger partial charge in [-0.3, -0.25) is 9.59 Å². The van der Waals surface area contributed by atoms with Crippen LogP contribution in [-0.2, 0) is 14.3 Å². The van der Waals surface area contributed by atoms with Gasteiger partial charge in [-0.15, -0.1) is 0 Å². The Bertz CT molecular complexity index is 801.